The molecule has 0 unspecified atom stereocenters. The Morgan fingerprint density at radius 3 is 2.52 bits per heavy atom. The zero-order valence-electron chi connectivity index (χ0n) is 16.3. The molecule has 0 aromatic heterocycles. The molecular formula is C22H25N3O3S. The maximum absolute atomic E-state index is 13.3. The maximum Gasteiger partial charge on any atom is 0.322 e. The molecule has 2 aromatic carbocycles. The van der Waals surface area contributed by atoms with Gasteiger partial charge in [0, 0.05) is 24.8 Å². The molecule has 0 atom stereocenters. The quantitative estimate of drug-likeness (QED) is 0.841. The van der Waals surface area contributed by atoms with Crippen LogP contribution >= 0.6 is 0 Å². The second kappa shape index (κ2) is 7.06. The fourth-order valence-electron chi connectivity index (χ4n) is 4.76. The summed E-state index contributed by atoms with van der Waals surface area (Å²) in [5.41, 5.74) is 3.57. The van der Waals surface area contributed by atoms with E-state index in [2.05, 4.69) is 5.32 Å². The van der Waals surface area contributed by atoms with Gasteiger partial charge in [-0.1, -0.05) is 31.0 Å². The number of urea groups is 1. The second-order valence-corrected chi connectivity index (χ2v) is 9.94. The van der Waals surface area contributed by atoms with Crippen molar-refractivity contribution in [2.75, 3.05) is 22.3 Å². The van der Waals surface area contributed by atoms with Crippen LogP contribution in [-0.2, 0) is 22.9 Å². The zero-order valence-corrected chi connectivity index (χ0v) is 17.1. The van der Waals surface area contributed by atoms with Crippen LogP contribution < -0.4 is 14.5 Å². The lowest BCUT2D eigenvalue weighted by atomic mass is 10.2. The first-order valence-corrected chi connectivity index (χ1v) is 11.8. The molecule has 2 aromatic rings. The number of anilines is 2. The van der Waals surface area contributed by atoms with Gasteiger partial charge in [-0.2, -0.15) is 0 Å². The average molecular weight is 412 g/mol. The fourth-order valence-corrected chi connectivity index (χ4v) is 6.31. The second-order valence-electron chi connectivity index (χ2n) is 8.08. The number of nitrogens with zero attached hydrogens (tertiary/aromatic N) is 2. The van der Waals surface area contributed by atoms with E-state index in [1.807, 2.05) is 24.3 Å². The zero-order chi connectivity index (χ0) is 20.0. The van der Waals surface area contributed by atoms with Crippen molar-refractivity contribution in [3.8, 4) is 0 Å². The minimum Gasteiger partial charge on any atom is -0.335 e. The number of nitrogens with one attached hydrogen (secondary N) is 1. The molecule has 7 heteroatoms. The lowest BCUT2D eigenvalue weighted by Crippen LogP contribution is -2.43. The molecular weight excluding hydrogens is 386 g/mol. The number of fused-ring (bicyclic) bond motifs is 2. The van der Waals surface area contributed by atoms with Gasteiger partial charge < -0.3 is 5.32 Å². The summed E-state index contributed by atoms with van der Waals surface area (Å²) < 4.78 is 28.1. The highest BCUT2D eigenvalue weighted by atomic mass is 32.2. The van der Waals surface area contributed by atoms with Crippen molar-refractivity contribution in [3.63, 3.8) is 0 Å². The lowest BCUT2D eigenvalue weighted by Gasteiger charge is -2.22. The summed E-state index contributed by atoms with van der Waals surface area (Å²) in [7, 11) is -3.62. The first kappa shape index (κ1) is 18.5. The SMILES string of the molecule is O=C(NC1CCCC1)N1CCc2cc(S(=O)(=O)N3CCc4ccccc43)ccc21. The number of benzene rings is 2. The van der Waals surface area contributed by atoms with Crippen molar-refractivity contribution in [2.24, 2.45) is 0 Å². The van der Waals surface area contributed by atoms with E-state index in [1.54, 1.807) is 23.1 Å². The summed E-state index contributed by atoms with van der Waals surface area (Å²) in [5, 5.41) is 3.12. The van der Waals surface area contributed by atoms with Gasteiger partial charge in [-0.3, -0.25) is 9.21 Å². The number of carbonyl (C=O) groups excluding carboxylic acids is 1. The van der Waals surface area contributed by atoms with Gasteiger partial charge in [0.15, 0.2) is 0 Å². The number of hydrogen-bond acceptors (Lipinski definition) is 3. The number of hydrogen-bond donors (Lipinski definition) is 1. The Labute approximate surface area is 171 Å². The molecule has 0 saturated heterocycles. The molecule has 2 heterocycles. The highest BCUT2D eigenvalue weighted by molar-refractivity contribution is 7.92. The first-order chi connectivity index (χ1) is 14.0. The highest BCUT2D eigenvalue weighted by Gasteiger charge is 2.33. The van der Waals surface area contributed by atoms with E-state index in [0.29, 0.717) is 24.4 Å². The third-order valence-corrected chi connectivity index (χ3v) is 8.12. The molecule has 2 aliphatic heterocycles. The Balaban J connectivity index is 1.39. The molecule has 0 radical (unpaired) electrons. The van der Waals surface area contributed by atoms with Crippen LogP contribution in [0.5, 0.6) is 0 Å². The van der Waals surface area contributed by atoms with Crippen molar-refractivity contribution in [1.82, 2.24) is 5.32 Å². The normalized spacial score (nSPS) is 18.8. The molecule has 5 rings (SSSR count). The Hall–Kier alpha value is -2.54. The largest absolute Gasteiger partial charge is 0.335 e. The number of amides is 2. The molecule has 1 aliphatic carbocycles. The minimum atomic E-state index is -3.62. The monoisotopic (exact) mass is 411 g/mol. The third kappa shape index (κ3) is 3.17. The van der Waals surface area contributed by atoms with Crippen molar-refractivity contribution >= 4 is 27.4 Å². The van der Waals surface area contributed by atoms with Gasteiger partial charge in [-0.15, -0.1) is 0 Å². The summed E-state index contributed by atoms with van der Waals surface area (Å²) in [6.07, 6.45) is 5.83. The Morgan fingerprint density at radius 1 is 0.931 bits per heavy atom. The Morgan fingerprint density at radius 2 is 1.69 bits per heavy atom. The van der Waals surface area contributed by atoms with Crippen LogP contribution in [0.2, 0.25) is 0 Å². The summed E-state index contributed by atoms with van der Waals surface area (Å²) in [4.78, 5) is 14.7. The molecule has 1 N–H and O–H groups in total. The van der Waals surface area contributed by atoms with Gasteiger partial charge in [-0.25, -0.2) is 13.2 Å². The molecule has 152 valence electrons. The number of para-hydroxylation sites is 1. The van der Waals surface area contributed by atoms with Crippen LogP contribution in [-0.4, -0.2) is 33.6 Å². The van der Waals surface area contributed by atoms with Gasteiger partial charge in [0.2, 0.25) is 0 Å². The van der Waals surface area contributed by atoms with Crippen LogP contribution in [0.25, 0.3) is 0 Å². The minimum absolute atomic E-state index is 0.0697. The summed E-state index contributed by atoms with van der Waals surface area (Å²) in [6.45, 7) is 1.05. The van der Waals surface area contributed by atoms with Gasteiger partial charge in [0.1, 0.15) is 0 Å². The molecule has 29 heavy (non-hydrogen) atoms. The summed E-state index contributed by atoms with van der Waals surface area (Å²) in [5.74, 6) is 0. The topological polar surface area (TPSA) is 69.7 Å². The van der Waals surface area contributed by atoms with Crippen molar-refractivity contribution in [2.45, 2.75) is 49.5 Å². The predicted octanol–water partition coefficient (Wildman–Crippen LogP) is 3.45. The van der Waals surface area contributed by atoms with E-state index in [9.17, 15) is 13.2 Å². The highest BCUT2D eigenvalue weighted by Crippen LogP contribution is 2.35. The smallest absolute Gasteiger partial charge is 0.322 e. The van der Waals surface area contributed by atoms with Crippen LogP contribution in [0.3, 0.4) is 0 Å². The predicted molar refractivity (Wildman–Crippen MR) is 113 cm³/mol. The number of carbonyl (C=O) groups is 1. The van der Waals surface area contributed by atoms with E-state index in [1.165, 1.54) is 17.1 Å². The Bertz CT molecular complexity index is 1060. The van der Waals surface area contributed by atoms with E-state index in [-0.39, 0.29) is 12.1 Å². The molecule has 3 aliphatic rings. The summed E-state index contributed by atoms with van der Waals surface area (Å²) >= 11 is 0. The van der Waals surface area contributed by atoms with Gasteiger partial charge in [0.05, 0.1) is 10.6 Å². The Kier molecular flexibility index (Phi) is 4.50. The van der Waals surface area contributed by atoms with Gasteiger partial charge >= 0.3 is 6.03 Å². The van der Waals surface area contributed by atoms with Gasteiger partial charge in [-0.05, 0) is 61.1 Å². The van der Waals surface area contributed by atoms with E-state index >= 15 is 0 Å². The lowest BCUT2D eigenvalue weighted by molar-refractivity contribution is 0.243. The van der Waals surface area contributed by atoms with Crippen LogP contribution in [0.1, 0.15) is 36.8 Å². The van der Waals surface area contributed by atoms with Gasteiger partial charge in [0.25, 0.3) is 10.0 Å². The third-order valence-electron chi connectivity index (χ3n) is 6.31. The standard InChI is InChI=1S/C22H25N3O3S/c26-22(23-18-6-2-3-7-18)24-13-11-17-15-19(9-10-20(17)24)29(27,28)25-14-12-16-5-1-4-8-21(16)25/h1,4-5,8-10,15,18H,2-3,6-7,11-14H2,(H,23,26). The van der Waals surface area contributed by atoms with E-state index < -0.39 is 10.0 Å². The molecule has 6 nitrogen and oxygen atoms in total. The first-order valence-electron chi connectivity index (χ1n) is 10.4. The fraction of sp³-hybridized carbons (Fsp3) is 0.409. The molecule has 2 amide bonds. The molecule has 0 spiro atoms. The molecule has 1 saturated carbocycles. The van der Waals surface area contributed by atoms with E-state index in [0.717, 1.165) is 41.8 Å². The average Bonchev–Trinajstić information content (AvgIpc) is 3.46. The van der Waals surface area contributed by atoms with Crippen LogP contribution in [0.4, 0.5) is 16.2 Å². The van der Waals surface area contributed by atoms with Crippen molar-refractivity contribution in [3.05, 3.63) is 53.6 Å². The molecule has 1 fully saturated rings. The number of rotatable bonds is 3. The van der Waals surface area contributed by atoms with Crippen LogP contribution in [0, 0.1) is 0 Å². The van der Waals surface area contributed by atoms with Crippen LogP contribution in [0.15, 0.2) is 47.4 Å². The summed E-state index contributed by atoms with van der Waals surface area (Å²) in [6, 6.07) is 13.0. The molecule has 0 bridgehead atoms. The maximum atomic E-state index is 13.3. The van der Waals surface area contributed by atoms with Crippen molar-refractivity contribution < 1.29 is 13.2 Å². The van der Waals surface area contributed by atoms with Crippen molar-refractivity contribution in [1.29, 1.82) is 0 Å². The van der Waals surface area contributed by atoms with E-state index in [4.69, 9.17) is 0 Å². The number of sulfonamides is 1.